The third-order valence-electron chi connectivity index (χ3n) is 3.60. The molecule has 2 atom stereocenters. The van der Waals surface area contributed by atoms with E-state index >= 15 is 0 Å². The maximum Gasteiger partial charge on any atom is 0.0437 e. The van der Waals surface area contributed by atoms with Gasteiger partial charge in [0.05, 0.1) is 0 Å². The molecule has 1 heterocycles. The van der Waals surface area contributed by atoms with E-state index in [-0.39, 0.29) is 6.04 Å². The van der Waals surface area contributed by atoms with Gasteiger partial charge in [-0.2, -0.15) is 0 Å². The third kappa shape index (κ3) is 2.32. The van der Waals surface area contributed by atoms with Crippen LogP contribution in [0.1, 0.15) is 44.7 Å². The monoisotopic (exact) mass is 232 g/mol. The number of para-hydroxylation sites is 1. The summed E-state index contributed by atoms with van der Waals surface area (Å²) in [6.07, 6.45) is 0.971. The highest BCUT2D eigenvalue weighted by Crippen LogP contribution is 2.40. The molecule has 1 aromatic carbocycles. The highest BCUT2D eigenvalue weighted by atomic mass is 15.2. The predicted molar refractivity (Wildman–Crippen MR) is 74.7 cm³/mol. The van der Waals surface area contributed by atoms with Crippen LogP contribution in [0.4, 0.5) is 5.69 Å². The minimum Gasteiger partial charge on any atom is -0.368 e. The fraction of sp³-hybridized carbons (Fsp3) is 0.600. The molecule has 2 heteroatoms. The van der Waals surface area contributed by atoms with Crippen molar-refractivity contribution in [2.24, 2.45) is 5.73 Å². The number of nitrogens with zero attached hydrogens (tertiary/aromatic N) is 1. The summed E-state index contributed by atoms with van der Waals surface area (Å²) in [5, 5.41) is 0. The minimum atomic E-state index is 0.228. The van der Waals surface area contributed by atoms with Gasteiger partial charge in [0.2, 0.25) is 0 Å². The molecule has 0 saturated heterocycles. The standard InChI is InChI=1S/C15H24N2/c1-10(2)17-9-11(3)14-7-5-6-13(15(14)17)8-12(4)16/h5-7,10-12H,8-9,16H2,1-4H3. The molecule has 2 unspecified atom stereocenters. The Morgan fingerprint density at radius 3 is 2.65 bits per heavy atom. The second kappa shape index (κ2) is 4.69. The zero-order chi connectivity index (χ0) is 12.6. The molecule has 2 nitrogen and oxygen atoms in total. The molecule has 0 bridgehead atoms. The smallest absolute Gasteiger partial charge is 0.0437 e. The third-order valence-corrected chi connectivity index (χ3v) is 3.60. The normalized spacial score (nSPS) is 20.8. The minimum absolute atomic E-state index is 0.228. The summed E-state index contributed by atoms with van der Waals surface area (Å²) in [6, 6.07) is 7.47. The number of rotatable bonds is 3. The molecule has 0 radical (unpaired) electrons. The summed E-state index contributed by atoms with van der Waals surface area (Å²) in [5.41, 5.74) is 10.3. The number of fused-ring (bicyclic) bond motifs is 1. The lowest BCUT2D eigenvalue weighted by Crippen LogP contribution is -2.30. The van der Waals surface area contributed by atoms with Crippen LogP contribution in [0, 0.1) is 0 Å². The Labute approximate surface area is 105 Å². The van der Waals surface area contributed by atoms with E-state index in [4.69, 9.17) is 5.73 Å². The first kappa shape index (κ1) is 12.4. The lowest BCUT2D eigenvalue weighted by Gasteiger charge is -2.27. The van der Waals surface area contributed by atoms with Gasteiger partial charge in [0, 0.05) is 30.2 Å². The van der Waals surface area contributed by atoms with Gasteiger partial charge < -0.3 is 10.6 Å². The van der Waals surface area contributed by atoms with Crippen LogP contribution in [0.15, 0.2) is 18.2 Å². The van der Waals surface area contributed by atoms with Crippen molar-refractivity contribution in [1.29, 1.82) is 0 Å². The van der Waals surface area contributed by atoms with Crippen LogP contribution in [0.3, 0.4) is 0 Å². The zero-order valence-electron chi connectivity index (χ0n) is 11.4. The van der Waals surface area contributed by atoms with Crippen molar-refractivity contribution in [3.8, 4) is 0 Å². The van der Waals surface area contributed by atoms with Gasteiger partial charge in [-0.25, -0.2) is 0 Å². The molecule has 0 spiro atoms. The molecule has 0 aromatic heterocycles. The van der Waals surface area contributed by atoms with Crippen LogP contribution in [0.5, 0.6) is 0 Å². The van der Waals surface area contributed by atoms with Crippen molar-refractivity contribution in [2.75, 3.05) is 11.4 Å². The molecular weight excluding hydrogens is 208 g/mol. The highest BCUT2D eigenvalue weighted by Gasteiger charge is 2.29. The van der Waals surface area contributed by atoms with Crippen molar-refractivity contribution < 1.29 is 0 Å². The first-order chi connectivity index (χ1) is 8.00. The highest BCUT2D eigenvalue weighted by molar-refractivity contribution is 5.65. The van der Waals surface area contributed by atoms with E-state index in [1.807, 2.05) is 0 Å². The Morgan fingerprint density at radius 2 is 2.06 bits per heavy atom. The van der Waals surface area contributed by atoms with Gasteiger partial charge in [-0.05, 0) is 38.3 Å². The van der Waals surface area contributed by atoms with E-state index in [0.29, 0.717) is 12.0 Å². The second-order valence-electron chi connectivity index (χ2n) is 5.68. The predicted octanol–water partition coefficient (Wildman–Crippen LogP) is 2.91. The van der Waals surface area contributed by atoms with Crippen molar-refractivity contribution in [3.05, 3.63) is 29.3 Å². The quantitative estimate of drug-likeness (QED) is 0.868. The molecule has 2 N–H and O–H groups in total. The van der Waals surface area contributed by atoms with Crippen LogP contribution < -0.4 is 10.6 Å². The number of anilines is 1. The second-order valence-corrected chi connectivity index (χ2v) is 5.68. The van der Waals surface area contributed by atoms with E-state index in [1.54, 1.807) is 0 Å². The number of benzene rings is 1. The molecule has 0 amide bonds. The van der Waals surface area contributed by atoms with Crippen molar-refractivity contribution >= 4 is 5.69 Å². The van der Waals surface area contributed by atoms with Crippen LogP contribution in [0.25, 0.3) is 0 Å². The van der Waals surface area contributed by atoms with Gasteiger partial charge in [0.15, 0.2) is 0 Å². The maximum absolute atomic E-state index is 5.96. The van der Waals surface area contributed by atoms with Gasteiger partial charge in [0.25, 0.3) is 0 Å². The summed E-state index contributed by atoms with van der Waals surface area (Å²) < 4.78 is 0. The Hall–Kier alpha value is -1.02. The van der Waals surface area contributed by atoms with E-state index in [0.717, 1.165) is 13.0 Å². The van der Waals surface area contributed by atoms with Gasteiger partial charge >= 0.3 is 0 Å². The summed E-state index contributed by atoms with van der Waals surface area (Å²) in [4.78, 5) is 2.53. The van der Waals surface area contributed by atoms with Crippen LogP contribution >= 0.6 is 0 Å². The number of hydrogen-bond acceptors (Lipinski definition) is 2. The fourth-order valence-corrected chi connectivity index (χ4v) is 2.82. The molecule has 1 aliphatic rings. The first-order valence-corrected chi connectivity index (χ1v) is 6.64. The number of hydrogen-bond donors (Lipinski definition) is 1. The molecule has 1 aromatic rings. The van der Waals surface area contributed by atoms with E-state index in [9.17, 15) is 0 Å². The molecule has 2 rings (SSSR count). The van der Waals surface area contributed by atoms with E-state index < -0.39 is 0 Å². The Balaban J connectivity index is 2.44. The Morgan fingerprint density at radius 1 is 1.35 bits per heavy atom. The van der Waals surface area contributed by atoms with E-state index in [2.05, 4.69) is 50.8 Å². The number of nitrogens with two attached hydrogens (primary N) is 1. The molecule has 0 aliphatic carbocycles. The molecule has 17 heavy (non-hydrogen) atoms. The van der Waals surface area contributed by atoms with Crippen molar-refractivity contribution in [3.63, 3.8) is 0 Å². The summed E-state index contributed by atoms with van der Waals surface area (Å²) in [7, 11) is 0. The van der Waals surface area contributed by atoms with Gasteiger partial charge in [-0.15, -0.1) is 0 Å². The zero-order valence-corrected chi connectivity index (χ0v) is 11.4. The fourth-order valence-electron chi connectivity index (χ4n) is 2.82. The topological polar surface area (TPSA) is 29.3 Å². The summed E-state index contributed by atoms with van der Waals surface area (Å²) >= 11 is 0. The largest absolute Gasteiger partial charge is 0.368 e. The average molecular weight is 232 g/mol. The molecule has 0 saturated carbocycles. The first-order valence-electron chi connectivity index (χ1n) is 6.64. The molecular formula is C15H24N2. The lowest BCUT2D eigenvalue weighted by atomic mass is 9.98. The van der Waals surface area contributed by atoms with Crippen LogP contribution in [-0.2, 0) is 6.42 Å². The van der Waals surface area contributed by atoms with E-state index in [1.165, 1.54) is 16.8 Å². The van der Waals surface area contributed by atoms with Gasteiger partial charge in [-0.3, -0.25) is 0 Å². The summed E-state index contributed by atoms with van der Waals surface area (Å²) in [5.74, 6) is 0.639. The van der Waals surface area contributed by atoms with Gasteiger partial charge in [0.1, 0.15) is 0 Å². The van der Waals surface area contributed by atoms with Crippen molar-refractivity contribution in [2.45, 2.75) is 52.1 Å². The Kier molecular flexibility index (Phi) is 3.43. The molecule has 94 valence electrons. The lowest BCUT2D eigenvalue weighted by molar-refractivity contribution is 0.665. The summed E-state index contributed by atoms with van der Waals surface area (Å²) in [6.45, 7) is 10.1. The average Bonchev–Trinajstić information content (AvgIpc) is 2.57. The van der Waals surface area contributed by atoms with Crippen molar-refractivity contribution in [1.82, 2.24) is 0 Å². The Bertz CT molecular complexity index is 396. The molecule has 1 aliphatic heterocycles. The van der Waals surface area contributed by atoms with Crippen LogP contribution in [0.2, 0.25) is 0 Å². The molecule has 0 fully saturated rings. The van der Waals surface area contributed by atoms with Crippen LogP contribution in [-0.4, -0.2) is 18.6 Å². The SMILES string of the molecule is CC(N)Cc1cccc2c1N(C(C)C)CC2C. The van der Waals surface area contributed by atoms with Gasteiger partial charge in [-0.1, -0.05) is 25.1 Å². The maximum atomic E-state index is 5.96.